The molecule has 8 nitrogen and oxygen atoms in total. The minimum Gasteiger partial charge on any atom is -0.465 e. The van der Waals surface area contributed by atoms with Gasteiger partial charge in [0.2, 0.25) is 15.9 Å². The Morgan fingerprint density at radius 2 is 2.04 bits per heavy atom. The molecule has 10 heteroatoms. The van der Waals surface area contributed by atoms with Gasteiger partial charge in [-0.15, -0.1) is 0 Å². The highest BCUT2D eigenvalue weighted by Crippen LogP contribution is 2.17. The third-order valence-corrected chi connectivity index (χ3v) is 6.08. The number of esters is 1. The first-order chi connectivity index (χ1) is 12.8. The molecular weight excluding hydrogens is 390 g/mol. The highest BCUT2D eigenvalue weighted by atomic mass is 32.2. The van der Waals surface area contributed by atoms with Crippen LogP contribution in [0.3, 0.4) is 0 Å². The number of primary sulfonamides is 1. The molecule has 0 unspecified atom stereocenters. The third kappa shape index (κ3) is 6.80. The monoisotopic (exact) mass is 415 g/mol. The van der Waals surface area contributed by atoms with Crippen molar-refractivity contribution in [3.8, 4) is 0 Å². The van der Waals surface area contributed by atoms with Crippen LogP contribution in [0.4, 0.5) is 0 Å². The molecule has 1 fully saturated rings. The lowest BCUT2D eigenvalue weighted by Crippen LogP contribution is -2.51. The summed E-state index contributed by atoms with van der Waals surface area (Å²) in [7, 11) is -3.70. The topological polar surface area (TPSA) is 119 Å². The van der Waals surface area contributed by atoms with Gasteiger partial charge in [-0.3, -0.25) is 14.5 Å². The predicted molar refractivity (Wildman–Crippen MR) is 104 cm³/mol. The summed E-state index contributed by atoms with van der Waals surface area (Å²) < 4.78 is 27.6. The van der Waals surface area contributed by atoms with Gasteiger partial charge in [-0.05, 0) is 31.0 Å². The number of sulfonamides is 1. The average molecular weight is 416 g/mol. The van der Waals surface area contributed by atoms with Crippen molar-refractivity contribution in [3.05, 3.63) is 29.8 Å². The fourth-order valence-corrected chi connectivity index (χ4v) is 4.33. The van der Waals surface area contributed by atoms with Crippen molar-refractivity contribution >= 4 is 33.7 Å². The van der Waals surface area contributed by atoms with E-state index >= 15 is 0 Å². The number of carbonyl (C=O) groups is 2. The van der Waals surface area contributed by atoms with E-state index in [-0.39, 0.29) is 29.4 Å². The molecule has 0 aliphatic carbocycles. The Bertz CT molecular complexity index is 752. The smallest absolute Gasteiger partial charge is 0.324 e. The summed E-state index contributed by atoms with van der Waals surface area (Å²) in [6.07, 6.45) is 0.563. The van der Waals surface area contributed by atoms with E-state index in [0.717, 1.165) is 11.3 Å². The van der Waals surface area contributed by atoms with Crippen molar-refractivity contribution in [2.24, 2.45) is 5.14 Å². The minimum atomic E-state index is -3.70. The maximum absolute atomic E-state index is 12.2. The first kappa shape index (κ1) is 21.7. The molecule has 2 rings (SSSR count). The zero-order chi connectivity index (χ0) is 19.9. The van der Waals surface area contributed by atoms with Crippen LogP contribution >= 0.6 is 11.8 Å². The van der Waals surface area contributed by atoms with Gasteiger partial charge in [0.1, 0.15) is 6.04 Å². The number of hydrogen-bond acceptors (Lipinski definition) is 7. The zero-order valence-electron chi connectivity index (χ0n) is 15.2. The Kier molecular flexibility index (Phi) is 8.08. The van der Waals surface area contributed by atoms with Crippen LogP contribution in [0.5, 0.6) is 0 Å². The molecule has 0 bridgehead atoms. The van der Waals surface area contributed by atoms with E-state index in [1.165, 1.54) is 12.1 Å². The summed E-state index contributed by atoms with van der Waals surface area (Å²) in [5, 5.41) is 7.90. The molecule has 27 heavy (non-hydrogen) atoms. The van der Waals surface area contributed by atoms with Gasteiger partial charge in [0.25, 0.3) is 0 Å². The molecule has 1 amide bonds. The number of thioether (sulfide) groups is 1. The maximum Gasteiger partial charge on any atom is 0.324 e. The van der Waals surface area contributed by atoms with Crippen LogP contribution in [0.1, 0.15) is 12.5 Å². The molecule has 1 aliphatic rings. The Morgan fingerprint density at radius 3 is 2.67 bits per heavy atom. The summed E-state index contributed by atoms with van der Waals surface area (Å²) in [6.45, 7) is 3.32. The first-order valence-electron chi connectivity index (χ1n) is 8.68. The van der Waals surface area contributed by atoms with Crippen molar-refractivity contribution in [2.45, 2.75) is 24.3 Å². The number of ether oxygens (including phenoxy) is 1. The largest absolute Gasteiger partial charge is 0.465 e. The lowest BCUT2D eigenvalue weighted by atomic mass is 10.1. The predicted octanol–water partition coefficient (Wildman–Crippen LogP) is -0.0268. The number of hydrogen-bond donors (Lipinski definition) is 2. The van der Waals surface area contributed by atoms with Gasteiger partial charge in [0.15, 0.2) is 0 Å². The highest BCUT2D eigenvalue weighted by Gasteiger charge is 2.31. The van der Waals surface area contributed by atoms with Crippen LogP contribution < -0.4 is 10.5 Å². The van der Waals surface area contributed by atoms with Gasteiger partial charge in [0.05, 0.1) is 18.0 Å². The molecule has 150 valence electrons. The molecule has 1 aromatic rings. The SMILES string of the molecule is CCOC(=O)[C@@H]1CSCCN1CC(=O)NCCc1ccc(S(N)(=O)=O)cc1. The van der Waals surface area contributed by atoms with Crippen molar-refractivity contribution in [3.63, 3.8) is 0 Å². The van der Waals surface area contributed by atoms with Crippen molar-refractivity contribution < 1.29 is 22.7 Å². The Labute approximate surface area is 163 Å². The third-order valence-electron chi connectivity index (χ3n) is 4.13. The van der Waals surface area contributed by atoms with Crippen molar-refractivity contribution in [1.82, 2.24) is 10.2 Å². The van der Waals surface area contributed by atoms with Crippen LogP contribution in [0, 0.1) is 0 Å². The fraction of sp³-hybridized carbons (Fsp3) is 0.529. The molecule has 3 N–H and O–H groups in total. The molecule has 1 saturated heterocycles. The number of rotatable bonds is 8. The van der Waals surface area contributed by atoms with E-state index in [2.05, 4.69) is 5.32 Å². The molecule has 0 spiro atoms. The van der Waals surface area contributed by atoms with Crippen LogP contribution in [0.2, 0.25) is 0 Å². The second-order valence-electron chi connectivity index (χ2n) is 6.10. The maximum atomic E-state index is 12.2. The van der Waals surface area contributed by atoms with Crippen LogP contribution in [-0.2, 0) is 30.8 Å². The molecule has 1 aromatic carbocycles. The fourth-order valence-electron chi connectivity index (χ4n) is 2.72. The van der Waals surface area contributed by atoms with Crippen LogP contribution in [0.15, 0.2) is 29.2 Å². The molecule has 1 aliphatic heterocycles. The van der Waals surface area contributed by atoms with E-state index in [9.17, 15) is 18.0 Å². The summed E-state index contributed by atoms with van der Waals surface area (Å²) in [5.41, 5.74) is 0.890. The molecule has 0 aromatic heterocycles. The molecule has 0 radical (unpaired) electrons. The quantitative estimate of drug-likeness (QED) is 0.573. The first-order valence-corrected chi connectivity index (χ1v) is 11.4. The van der Waals surface area contributed by atoms with Crippen LogP contribution in [0.25, 0.3) is 0 Å². The van der Waals surface area contributed by atoms with E-state index in [1.54, 1.807) is 30.8 Å². The summed E-state index contributed by atoms with van der Waals surface area (Å²) in [4.78, 5) is 26.1. The second-order valence-corrected chi connectivity index (χ2v) is 8.81. The van der Waals surface area contributed by atoms with Crippen molar-refractivity contribution in [2.75, 3.05) is 37.7 Å². The Hall–Kier alpha value is -1.62. The van der Waals surface area contributed by atoms with Gasteiger partial charge >= 0.3 is 5.97 Å². The minimum absolute atomic E-state index is 0.0586. The van der Waals surface area contributed by atoms with Gasteiger partial charge in [-0.2, -0.15) is 11.8 Å². The Morgan fingerprint density at radius 1 is 1.33 bits per heavy atom. The molecular formula is C17H25N3O5S2. The van der Waals surface area contributed by atoms with Crippen molar-refractivity contribution in [1.29, 1.82) is 0 Å². The van der Waals surface area contributed by atoms with Gasteiger partial charge < -0.3 is 10.1 Å². The van der Waals surface area contributed by atoms with E-state index in [0.29, 0.717) is 31.9 Å². The lowest BCUT2D eigenvalue weighted by Gasteiger charge is -2.32. The van der Waals surface area contributed by atoms with E-state index in [4.69, 9.17) is 9.88 Å². The van der Waals surface area contributed by atoms with E-state index in [1.807, 2.05) is 4.90 Å². The Balaban J connectivity index is 1.80. The van der Waals surface area contributed by atoms with Gasteiger partial charge in [0, 0.05) is 24.6 Å². The lowest BCUT2D eigenvalue weighted by molar-refractivity contribution is -0.149. The normalized spacial score (nSPS) is 18.1. The molecule has 1 atom stereocenters. The number of nitrogens with zero attached hydrogens (tertiary/aromatic N) is 1. The summed E-state index contributed by atoms with van der Waals surface area (Å²) >= 11 is 1.68. The van der Waals surface area contributed by atoms with E-state index < -0.39 is 10.0 Å². The summed E-state index contributed by atoms with van der Waals surface area (Å²) in [6, 6.07) is 5.85. The number of carbonyl (C=O) groups excluding carboxylic acids is 2. The zero-order valence-corrected chi connectivity index (χ0v) is 16.9. The second kappa shape index (κ2) is 10.1. The average Bonchev–Trinajstić information content (AvgIpc) is 2.62. The number of amides is 1. The highest BCUT2D eigenvalue weighted by molar-refractivity contribution is 7.99. The van der Waals surface area contributed by atoms with Crippen LogP contribution in [-0.4, -0.2) is 69.0 Å². The molecule has 1 heterocycles. The number of benzene rings is 1. The molecule has 0 saturated carbocycles. The number of nitrogens with one attached hydrogen (secondary N) is 1. The van der Waals surface area contributed by atoms with Gasteiger partial charge in [-0.1, -0.05) is 12.1 Å². The standard InChI is InChI=1S/C17H25N3O5S2/c1-2-25-17(22)15-12-26-10-9-20(15)11-16(21)19-8-7-13-3-5-14(6-4-13)27(18,23)24/h3-6,15H,2,7-12H2,1H3,(H,19,21)(H2,18,23,24)/t15-/m0/s1. The number of nitrogens with two attached hydrogens (primary N) is 1. The van der Waals surface area contributed by atoms with Gasteiger partial charge in [-0.25, -0.2) is 13.6 Å². The summed E-state index contributed by atoms with van der Waals surface area (Å²) in [5.74, 6) is 1.06.